The molecule has 1 aliphatic heterocycles. The molecule has 1 aromatic carbocycles. The van der Waals surface area contributed by atoms with E-state index in [1.54, 1.807) is 45.0 Å². The van der Waals surface area contributed by atoms with Crippen LogP contribution in [0.4, 0.5) is 10.5 Å². The summed E-state index contributed by atoms with van der Waals surface area (Å²) in [5.41, 5.74) is -0.0254. The van der Waals surface area contributed by atoms with E-state index in [2.05, 4.69) is 10.6 Å². The Kier molecular flexibility index (Phi) is 5.56. The van der Waals surface area contributed by atoms with Crippen LogP contribution in [0.1, 0.15) is 50.4 Å². The van der Waals surface area contributed by atoms with Gasteiger partial charge in [0, 0.05) is 24.3 Å². The van der Waals surface area contributed by atoms with Gasteiger partial charge in [0.25, 0.3) is 0 Å². The molecule has 0 saturated carbocycles. The van der Waals surface area contributed by atoms with E-state index in [1.807, 2.05) is 0 Å². The lowest BCUT2D eigenvalue weighted by Crippen LogP contribution is -2.41. The van der Waals surface area contributed by atoms with Crippen LogP contribution < -0.4 is 10.6 Å². The predicted molar refractivity (Wildman–Crippen MR) is 91.1 cm³/mol. The fourth-order valence-electron chi connectivity index (χ4n) is 2.52. The maximum absolute atomic E-state index is 12.6. The highest BCUT2D eigenvalue weighted by molar-refractivity contribution is 6.07. The number of amides is 3. The second-order valence-corrected chi connectivity index (χ2v) is 6.95. The van der Waals surface area contributed by atoms with Gasteiger partial charge in [0.05, 0.1) is 5.69 Å². The highest BCUT2D eigenvalue weighted by atomic mass is 16.6. The number of nitrogens with one attached hydrogen (secondary N) is 2. The maximum Gasteiger partial charge on any atom is 0.412 e. The topological polar surface area (TPSA) is 102 Å². The average molecular weight is 346 g/mol. The Balaban J connectivity index is 2.09. The van der Waals surface area contributed by atoms with E-state index in [1.165, 1.54) is 0 Å². The van der Waals surface area contributed by atoms with Crippen LogP contribution >= 0.6 is 0 Å². The van der Waals surface area contributed by atoms with E-state index < -0.39 is 23.5 Å². The lowest BCUT2D eigenvalue weighted by molar-refractivity contribution is -0.136. The van der Waals surface area contributed by atoms with Gasteiger partial charge in [0.1, 0.15) is 5.60 Å². The number of ether oxygens (including phenoxy) is 1. The van der Waals surface area contributed by atoms with Gasteiger partial charge in [-0.2, -0.15) is 0 Å². The van der Waals surface area contributed by atoms with Crippen LogP contribution in [0.3, 0.4) is 0 Å². The van der Waals surface area contributed by atoms with E-state index in [-0.39, 0.29) is 24.5 Å². The molecule has 134 valence electrons. The number of hydrogen-bond donors (Lipinski definition) is 2. The fourth-order valence-corrected chi connectivity index (χ4v) is 2.52. The standard InChI is InChI=1S/C18H22N2O5/c1-18(2,3)25-17(24)19-13-7-5-4-6-12(13)14(21)10-11-8-9-15(22)20-16(11)23/h4-7,11H,8-10H2,1-3H3,(H,19,24)(H,20,22,23). The van der Waals surface area contributed by atoms with Gasteiger partial charge in [-0.25, -0.2) is 4.79 Å². The Morgan fingerprint density at radius 1 is 1.24 bits per heavy atom. The minimum atomic E-state index is -0.659. The Bertz CT molecular complexity index is 706. The van der Waals surface area contributed by atoms with Crippen LogP contribution in [-0.2, 0) is 14.3 Å². The molecule has 1 aliphatic rings. The molecule has 0 bridgehead atoms. The number of ketones is 1. The first-order valence-corrected chi connectivity index (χ1v) is 8.11. The smallest absolute Gasteiger partial charge is 0.412 e. The van der Waals surface area contributed by atoms with Crippen LogP contribution in [0.25, 0.3) is 0 Å². The molecule has 7 heteroatoms. The molecule has 1 aromatic rings. The lowest BCUT2D eigenvalue weighted by Gasteiger charge is -2.21. The molecule has 25 heavy (non-hydrogen) atoms. The molecule has 0 aromatic heterocycles. The minimum Gasteiger partial charge on any atom is -0.444 e. The molecule has 7 nitrogen and oxygen atoms in total. The van der Waals surface area contributed by atoms with Crippen LogP contribution in [0.2, 0.25) is 0 Å². The molecule has 0 radical (unpaired) electrons. The summed E-state index contributed by atoms with van der Waals surface area (Å²) in [4.78, 5) is 47.5. The number of piperidine rings is 1. The zero-order valence-corrected chi connectivity index (χ0v) is 14.5. The highest BCUT2D eigenvalue weighted by Crippen LogP contribution is 2.23. The number of carbonyl (C=O) groups is 4. The molecule has 1 atom stereocenters. The van der Waals surface area contributed by atoms with Crippen molar-refractivity contribution in [2.24, 2.45) is 5.92 Å². The summed E-state index contributed by atoms with van der Waals surface area (Å²) < 4.78 is 5.19. The van der Waals surface area contributed by atoms with Crippen LogP contribution in [0.5, 0.6) is 0 Å². The van der Waals surface area contributed by atoms with Gasteiger partial charge >= 0.3 is 6.09 Å². The van der Waals surface area contributed by atoms with Gasteiger partial charge in [-0.15, -0.1) is 0 Å². The fraction of sp³-hybridized carbons (Fsp3) is 0.444. The van der Waals surface area contributed by atoms with E-state index in [9.17, 15) is 19.2 Å². The van der Waals surface area contributed by atoms with Gasteiger partial charge in [-0.05, 0) is 39.3 Å². The molecule has 1 heterocycles. The molecule has 3 amide bonds. The Morgan fingerprint density at radius 3 is 2.56 bits per heavy atom. The van der Waals surface area contributed by atoms with E-state index in [4.69, 9.17) is 4.74 Å². The third kappa shape index (κ3) is 5.41. The van der Waals surface area contributed by atoms with Crippen LogP contribution in [0.15, 0.2) is 24.3 Å². The summed E-state index contributed by atoms with van der Waals surface area (Å²) in [5.74, 6) is -1.57. The number of benzene rings is 1. The second kappa shape index (κ2) is 7.46. The number of para-hydroxylation sites is 1. The van der Waals surface area contributed by atoms with Gasteiger partial charge in [-0.1, -0.05) is 12.1 Å². The first-order valence-electron chi connectivity index (χ1n) is 8.11. The molecule has 2 N–H and O–H groups in total. The number of hydrogen-bond acceptors (Lipinski definition) is 5. The molecule has 1 saturated heterocycles. The summed E-state index contributed by atoms with van der Waals surface area (Å²) in [6.45, 7) is 5.23. The van der Waals surface area contributed by atoms with Crippen molar-refractivity contribution in [2.75, 3.05) is 5.32 Å². The molecular formula is C18H22N2O5. The van der Waals surface area contributed by atoms with Crippen molar-refractivity contribution < 1.29 is 23.9 Å². The minimum absolute atomic E-state index is 0.0217. The number of Topliss-reactive ketones (excluding diaryl/α,β-unsaturated/α-hetero) is 1. The van der Waals surface area contributed by atoms with Crippen molar-refractivity contribution in [3.05, 3.63) is 29.8 Å². The number of imide groups is 1. The maximum atomic E-state index is 12.6. The lowest BCUT2D eigenvalue weighted by atomic mass is 9.90. The molecular weight excluding hydrogens is 324 g/mol. The first-order chi connectivity index (χ1) is 11.7. The molecule has 0 spiro atoms. The molecule has 1 fully saturated rings. The van der Waals surface area contributed by atoms with E-state index in [0.717, 1.165) is 0 Å². The van der Waals surface area contributed by atoms with Crippen molar-refractivity contribution in [3.8, 4) is 0 Å². The summed E-state index contributed by atoms with van der Waals surface area (Å²) in [6, 6.07) is 6.55. The second-order valence-electron chi connectivity index (χ2n) is 6.95. The van der Waals surface area contributed by atoms with Crippen molar-refractivity contribution >= 4 is 29.4 Å². The zero-order valence-electron chi connectivity index (χ0n) is 14.5. The van der Waals surface area contributed by atoms with Gasteiger partial charge in [0.2, 0.25) is 11.8 Å². The normalized spacial score (nSPS) is 17.6. The van der Waals surface area contributed by atoms with E-state index >= 15 is 0 Å². The zero-order chi connectivity index (χ0) is 18.6. The van der Waals surface area contributed by atoms with Crippen molar-refractivity contribution in [3.63, 3.8) is 0 Å². The van der Waals surface area contributed by atoms with Gasteiger partial charge in [0.15, 0.2) is 5.78 Å². The Hall–Kier alpha value is -2.70. The number of carbonyl (C=O) groups excluding carboxylic acids is 4. The summed E-state index contributed by atoms with van der Waals surface area (Å²) in [7, 11) is 0. The Labute approximate surface area is 146 Å². The molecule has 2 rings (SSSR count). The van der Waals surface area contributed by atoms with Crippen LogP contribution in [0, 0.1) is 5.92 Å². The largest absolute Gasteiger partial charge is 0.444 e. The summed E-state index contributed by atoms with van der Waals surface area (Å²) in [6.07, 6.45) is -0.111. The van der Waals surface area contributed by atoms with Crippen LogP contribution in [-0.4, -0.2) is 29.3 Å². The van der Waals surface area contributed by atoms with Crippen molar-refractivity contribution in [2.45, 2.75) is 45.6 Å². The SMILES string of the molecule is CC(C)(C)OC(=O)Nc1ccccc1C(=O)CC1CCC(=O)NC1=O. The third-order valence-electron chi connectivity index (χ3n) is 3.65. The average Bonchev–Trinajstić information content (AvgIpc) is 2.48. The first kappa shape index (κ1) is 18.6. The Morgan fingerprint density at radius 2 is 1.92 bits per heavy atom. The monoisotopic (exact) mass is 346 g/mol. The summed E-state index contributed by atoms with van der Waals surface area (Å²) in [5, 5.41) is 4.81. The van der Waals surface area contributed by atoms with Crippen molar-refractivity contribution in [1.29, 1.82) is 0 Å². The third-order valence-corrected chi connectivity index (χ3v) is 3.65. The van der Waals surface area contributed by atoms with Crippen molar-refractivity contribution in [1.82, 2.24) is 5.32 Å². The predicted octanol–water partition coefficient (Wildman–Crippen LogP) is 2.66. The molecule has 0 aliphatic carbocycles. The highest BCUT2D eigenvalue weighted by Gasteiger charge is 2.29. The van der Waals surface area contributed by atoms with Gasteiger partial charge in [-0.3, -0.25) is 25.0 Å². The number of anilines is 1. The quantitative estimate of drug-likeness (QED) is 0.645. The molecule has 1 unspecified atom stereocenters. The van der Waals surface area contributed by atoms with E-state index in [0.29, 0.717) is 17.7 Å². The van der Waals surface area contributed by atoms with Gasteiger partial charge < -0.3 is 4.74 Å². The summed E-state index contributed by atoms with van der Waals surface area (Å²) >= 11 is 0. The number of rotatable bonds is 4.